The van der Waals surface area contributed by atoms with Crippen molar-refractivity contribution in [1.29, 1.82) is 0 Å². The van der Waals surface area contributed by atoms with Crippen LogP contribution in [0.1, 0.15) is 27.2 Å². The van der Waals surface area contributed by atoms with Crippen LogP contribution in [-0.2, 0) is 0 Å². The molecule has 1 aliphatic carbocycles. The van der Waals surface area contributed by atoms with Crippen LogP contribution < -0.4 is 0 Å². The Morgan fingerprint density at radius 1 is 1.18 bits per heavy atom. The molecule has 1 saturated carbocycles. The third-order valence-electron chi connectivity index (χ3n) is 3.76. The summed E-state index contributed by atoms with van der Waals surface area (Å²) in [5, 5.41) is 0. The second kappa shape index (κ2) is 2.48. The van der Waals surface area contributed by atoms with Gasteiger partial charge in [-0.2, -0.15) is 0 Å². The van der Waals surface area contributed by atoms with Crippen molar-refractivity contribution in [2.45, 2.75) is 33.2 Å². The zero-order chi connectivity index (χ0) is 8.01. The molecule has 11 heavy (non-hydrogen) atoms. The molecule has 0 spiro atoms. The van der Waals surface area contributed by atoms with Gasteiger partial charge in [-0.3, -0.25) is 0 Å². The first-order valence-electron chi connectivity index (χ1n) is 4.92. The van der Waals surface area contributed by atoms with Crippen molar-refractivity contribution in [3.8, 4) is 0 Å². The smallest absolute Gasteiger partial charge is 0.00388 e. The fourth-order valence-corrected chi connectivity index (χ4v) is 2.59. The first-order valence-corrected chi connectivity index (χ1v) is 4.92. The van der Waals surface area contributed by atoms with Gasteiger partial charge in [0.25, 0.3) is 0 Å². The average molecular weight is 153 g/mol. The minimum Gasteiger partial charge on any atom is -0.300 e. The van der Waals surface area contributed by atoms with E-state index in [0.717, 1.165) is 23.8 Å². The topological polar surface area (TPSA) is 3.24 Å². The molecule has 2 aliphatic heterocycles. The standard InChI is InChI=1S/C10H19N/c1-7(2)11-5-9-4-10(6-11)8(9)3/h7-10H,4-6H2,1-3H3. The van der Waals surface area contributed by atoms with Gasteiger partial charge in [0.05, 0.1) is 0 Å². The molecule has 0 aromatic carbocycles. The first-order chi connectivity index (χ1) is 5.18. The van der Waals surface area contributed by atoms with Crippen molar-refractivity contribution < 1.29 is 0 Å². The molecule has 2 heterocycles. The number of piperidine rings is 2. The Balaban J connectivity index is 1.94. The minimum absolute atomic E-state index is 0.771. The molecule has 3 aliphatic rings. The molecule has 1 nitrogen and oxygen atoms in total. The van der Waals surface area contributed by atoms with Crippen LogP contribution in [0.4, 0.5) is 0 Å². The monoisotopic (exact) mass is 153 g/mol. The summed E-state index contributed by atoms with van der Waals surface area (Å²) in [4.78, 5) is 2.64. The third-order valence-corrected chi connectivity index (χ3v) is 3.76. The highest BCUT2D eigenvalue weighted by atomic mass is 15.2. The lowest BCUT2D eigenvalue weighted by molar-refractivity contribution is -0.0456. The molecule has 64 valence electrons. The molecule has 2 bridgehead atoms. The highest BCUT2D eigenvalue weighted by Gasteiger charge is 2.43. The predicted octanol–water partition coefficient (Wildman–Crippen LogP) is 1.98. The van der Waals surface area contributed by atoms with Crippen LogP contribution in [0, 0.1) is 17.8 Å². The maximum absolute atomic E-state index is 2.64. The lowest BCUT2D eigenvalue weighted by atomic mass is 9.62. The highest BCUT2D eigenvalue weighted by molar-refractivity contribution is 4.95. The van der Waals surface area contributed by atoms with Gasteiger partial charge in [0.1, 0.15) is 0 Å². The fourth-order valence-electron chi connectivity index (χ4n) is 2.59. The van der Waals surface area contributed by atoms with Gasteiger partial charge in [0.15, 0.2) is 0 Å². The van der Waals surface area contributed by atoms with E-state index in [-0.39, 0.29) is 0 Å². The van der Waals surface area contributed by atoms with E-state index in [1.807, 2.05) is 0 Å². The van der Waals surface area contributed by atoms with Gasteiger partial charge in [-0.05, 0) is 38.0 Å². The summed E-state index contributed by atoms with van der Waals surface area (Å²) in [5.41, 5.74) is 0. The second-order valence-corrected chi connectivity index (χ2v) is 4.66. The van der Waals surface area contributed by atoms with E-state index in [0.29, 0.717) is 0 Å². The van der Waals surface area contributed by atoms with Gasteiger partial charge in [0.2, 0.25) is 0 Å². The van der Waals surface area contributed by atoms with Gasteiger partial charge >= 0.3 is 0 Å². The fraction of sp³-hybridized carbons (Fsp3) is 1.00. The van der Waals surface area contributed by atoms with Crippen LogP contribution in [0.2, 0.25) is 0 Å². The summed E-state index contributed by atoms with van der Waals surface area (Å²) in [6.07, 6.45) is 1.52. The lowest BCUT2D eigenvalue weighted by Gasteiger charge is -2.53. The Labute approximate surface area is 69.8 Å². The summed E-state index contributed by atoms with van der Waals surface area (Å²) in [6, 6.07) is 0.771. The van der Waals surface area contributed by atoms with E-state index in [1.54, 1.807) is 0 Å². The Morgan fingerprint density at radius 3 is 2.09 bits per heavy atom. The summed E-state index contributed by atoms with van der Waals surface area (Å²) < 4.78 is 0. The maximum atomic E-state index is 2.64. The molecule has 2 saturated heterocycles. The Kier molecular flexibility index (Phi) is 1.71. The first kappa shape index (κ1) is 7.60. The molecular weight excluding hydrogens is 134 g/mol. The van der Waals surface area contributed by atoms with Crippen LogP contribution in [0.15, 0.2) is 0 Å². The van der Waals surface area contributed by atoms with E-state index in [1.165, 1.54) is 19.5 Å². The summed E-state index contributed by atoms with van der Waals surface area (Å²) in [7, 11) is 0. The van der Waals surface area contributed by atoms with Crippen molar-refractivity contribution in [2.24, 2.45) is 17.8 Å². The molecule has 2 atom stereocenters. The normalized spacial score (nSPS) is 44.2. The predicted molar refractivity (Wildman–Crippen MR) is 47.5 cm³/mol. The zero-order valence-corrected chi connectivity index (χ0v) is 7.88. The van der Waals surface area contributed by atoms with E-state index < -0.39 is 0 Å². The highest BCUT2D eigenvalue weighted by Crippen LogP contribution is 2.45. The molecule has 0 amide bonds. The Hall–Kier alpha value is -0.0400. The van der Waals surface area contributed by atoms with E-state index in [9.17, 15) is 0 Å². The van der Waals surface area contributed by atoms with Gasteiger partial charge in [-0.1, -0.05) is 6.92 Å². The number of rotatable bonds is 1. The maximum Gasteiger partial charge on any atom is 0.00388 e. The number of nitrogens with zero attached hydrogens (tertiary/aromatic N) is 1. The van der Waals surface area contributed by atoms with Crippen molar-refractivity contribution >= 4 is 0 Å². The summed E-state index contributed by atoms with van der Waals surface area (Å²) in [5.74, 6) is 3.11. The zero-order valence-electron chi connectivity index (χ0n) is 7.88. The molecule has 3 fully saturated rings. The lowest BCUT2D eigenvalue weighted by Crippen LogP contribution is -2.55. The molecule has 1 heteroatoms. The van der Waals surface area contributed by atoms with E-state index in [2.05, 4.69) is 25.7 Å². The van der Waals surface area contributed by atoms with Crippen molar-refractivity contribution in [2.75, 3.05) is 13.1 Å². The van der Waals surface area contributed by atoms with Gasteiger partial charge in [-0.25, -0.2) is 0 Å². The molecular formula is C10H19N. The van der Waals surface area contributed by atoms with Crippen LogP contribution in [0.25, 0.3) is 0 Å². The van der Waals surface area contributed by atoms with Crippen LogP contribution >= 0.6 is 0 Å². The average Bonchev–Trinajstić information content (AvgIpc) is 2.03. The van der Waals surface area contributed by atoms with Crippen LogP contribution in [-0.4, -0.2) is 24.0 Å². The van der Waals surface area contributed by atoms with E-state index >= 15 is 0 Å². The van der Waals surface area contributed by atoms with Crippen LogP contribution in [0.3, 0.4) is 0 Å². The number of fused-ring (bicyclic) bond motifs is 2. The Bertz CT molecular complexity index is 141. The summed E-state index contributed by atoms with van der Waals surface area (Å²) in [6.45, 7) is 9.80. The van der Waals surface area contributed by atoms with Gasteiger partial charge < -0.3 is 4.90 Å². The molecule has 2 unspecified atom stereocenters. The third kappa shape index (κ3) is 1.10. The second-order valence-electron chi connectivity index (χ2n) is 4.66. The van der Waals surface area contributed by atoms with Crippen molar-refractivity contribution in [3.05, 3.63) is 0 Å². The van der Waals surface area contributed by atoms with Crippen molar-refractivity contribution in [3.63, 3.8) is 0 Å². The minimum atomic E-state index is 0.771. The quantitative estimate of drug-likeness (QED) is 0.557. The molecule has 0 radical (unpaired) electrons. The van der Waals surface area contributed by atoms with E-state index in [4.69, 9.17) is 0 Å². The SMILES string of the molecule is CC1C2CC1CN(C(C)C)C2. The van der Waals surface area contributed by atoms with Crippen LogP contribution in [0.5, 0.6) is 0 Å². The van der Waals surface area contributed by atoms with Crippen molar-refractivity contribution in [1.82, 2.24) is 4.90 Å². The number of hydrogen-bond acceptors (Lipinski definition) is 1. The molecule has 0 N–H and O–H groups in total. The summed E-state index contributed by atoms with van der Waals surface area (Å²) >= 11 is 0. The number of hydrogen-bond donors (Lipinski definition) is 0. The molecule has 0 aromatic rings. The van der Waals surface area contributed by atoms with Gasteiger partial charge in [-0.15, -0.1) is 0 Å². The van der Waals surface area contributed by atoms with Gasteiger partial charge in [0, 0.05) is 19.1 Å². The largest absolute Gasteiger partial charge is 0.300 e. The molecule has 3 rings (SSSR count). The Morgan fingerprint density at radius 2 is 1.73 bits per heavy atom. The molecule has 0 aromatic heterocycles.